The number of carbonyl (C=O) groups is 1. The summed E-state index contributed by atoms with van der Waals surface area (Å²) in [6.07, 6.45) is 7.89. The van der Waals surface area contributed by atoms with Crippen LogP contribution in [0.3, 0.4) is 0 Å². The highest BCUT2D eigenvalue weighted by molar-refractivity contribution is 5.80. The lowest BCUT2D eigenvalue weighted by Gasteiger charge is -2.47. The molecule has 1 aromatic carbocycles. The van der Waals surface area contributed by atoms with E-state index < -0.39 is 0 Å². The van der Waals surface area contributed by atoms with Crippen LogP contribution in [0.25, 0.3) is 0 Å². The molecule has 90 valence electrons. The number of carbonyl (C=O) groups excluding carboxylic acids is 1. The molecule has 0 N–H and O–H groups in total. The highest BCUT2D eigenvalue weighted by atomic mass is 16.1. The van der Waals surface area contributed by atoms with Crippen molar-refractivity contribution in [2.75, 3.05) is 0 Å². The number of hydrogen-bond acceptors (Lipinski definition) is 1. The Labute approximate surface area is 103 Å². The van der Waals surface area contributed by atoms with E-state index >= 15 is 0 Å². The smallest absolute Gasteiger partial charge is 0.133 e. The second kappa shape index (κ2) is 4.29. The zero-order chi connectivity index (χ0) is 11.7. The van der Waals surface area contributed by atoms with E-state index in [0.29, 0.717) is 17.1 Å². The first-order valence-corrected chi connectivity index (χ1v) is 6.88. The van der Waals surface area contributed by atoms with E-state index in [1.165, 1.54) is 31.2 Å². The average molecular weight is 228 g/mol. The highest BCUT2D eigenvalue weighted by Gasteiger charge is 2.45. The fourth-order valence-electron chi connectivity index (χ4n) is 3.97. The van der Waals surface area contributed by atoms with Crippen molar-refractivity contribution in [1.29, 1.82) is 0 Å². The Morgan fingerprint density at radius 1 is 1.06 bits per heavy atom. The SMILES string of the molecule is O=C1CC[C@]2(c3ccccc3)CCCC[C@H]2C1. The van der Waals surface area contributed by atoms with E-state index in [-0.39, 0.29) is 0 Å². The first kappa shape index (κ1) is 11.0. The molecule has 0 saturated heterocycles. The van der Waals surface area contributed by atoms with Crippen LogP contribution in [0.5, 0.6) is 0 Å². The van der Waals surface area contributed by atoms with Crippen LogP contribution in [-0.4, -0.2) is 5.78 Å². The molecule has 0 amide bonds. The van der Waals surface area contributed by atoms with Crippen LogP contribution in [0.15, 0.2) is 30.3 Å². The van der Waals surface area contributed by atoms with Crippen molar-refractivity contribution >= 4 is 5.78 Å². The highest BCUT2D eigenvalue weighted by Crippen LogP contribution is 2.51. The van der Waals surface area contributed by atoms with Gasteiger partial charge in [0.05, 0.1) is 0 Å². The standard InChI is InChI=1S/C16H20O/c17-15-9-11-16(13-6-2-1-3-7-13)10-5-4-8-14(16)12-15/h1-3,6-7,14H,4-5,8-12H2/t14-,16-/m0/s1. The van der Waals surface area contributed by atoms with Crippen molar-refractivity contribution in [2.45, 2.75) is 50.4 Å². The second-order valence-corrected chi connectivity index (χ2v) is 5.71. The van der Waals surface area contributed by atoms with E-state index in [0.717, 1.165) is 19.3 Å². The minimum Gasteiger partial charge on any atom is -0.300 e. The van der Waals surface area contributed by atoms with Crippen molar-refractivity contribution in [1.82, 2.24) is 0 Å². The third-order valence-electron chi connectivity index (χ3n) is 4.88. The van der Waals surface area contributed by atoms with Crippen molar-refractivity contribution in [3.05, 3.63) is 35.9 Å². The van der Waals surface area contributed by atoms with Crippen molar-refractivity contribution in [3.63, 3.8) is 0 Å². The lowest BCUT2D eigenvalue weighted by molar-refractivity contribution is -0.124. The minimum absolute atomic E-state index is 0.327. The van der Waals surface area contributed by atoms with Gasteiger partial charge in [-0.3, -0.25) is 4.79 Å². The Hall–Kier alpha value is -1.11. The number of hydrogen-bond donors (Lipinski definition) is 0. The predicted molar refractivity (Wildman–Crippen MR) is 68.9 cm³/mol. The molecule has 0 unspecified atom stereocenters. The first-order valence-electron chi connectivity index (χ1n) is 6.88. The van der Waals surface area contributed by atoms with E-state index in [4.69, 9.17) is 0 Å². The maximum absolute atomic E-state index is 11.7. The van der Waals surface area contributed by atoms with E-state index in [9.17, 15) is 4.79 Å². The maximum atomic E-state index is 11.7. The molecule has 0 spiro atoms. The summed E-state index contributed by atoms with van der Waals surface area (Å²) in [5, 5.41) is 0. The van der Waals surface area contributed by atoms with Gasteiger partial charge in [0.25, 0.3) is 0 Å². The van der Waals surface area contributed by atoms with Crippen LogP contribution >= 0.6 is 0 Å². The topological polar surface area (TPSA) is 17.1 Å². The van der Waals surface area contributed by atoms with Gasteiger partial charge in [0.1, 0.15) is 5.78 Å². The Bertz CT molecular complexity index is 409. The quantitative estimate of drug-likeness (QED) is 0.713. The number of benzene rings is 1. The number of Topliss-reactive ketones (excluding diaryl/α,β-unsaturated/α-hetero) is 1. The molecule has 2 saturated carbocycles. The molecule has 2 aliphatic rings. The molecular weight excluding hydrogens is 208 g/mol. The molecule has 2 fully saturated rings. The van der Waals surface area contributed by atoms with Gasteiger partial charge in [-0.1, -0.05) is 43.2 Å². The number of fused-ring (bicyclic) bond motifs is 1. The number of rotatable bonds is 1. The Morgan fingerprint density at radius 3 is 2.71 bits per heavy atom. The summed E-state index contributed by atoms with van der Waals surface area (Å²) in [5.41, 5.74) is 1.81. The zero-order valence-electron chi connectivity index (χ0n) is 10.3. The van der Waals surface area contributed by atoms with Crippen molar-refractivity contribution in [2.24, 2.45) is 5.92 Å². The van der Waals surface area contributed by atoms with E-state index in [2.05, 4.69) is 30.3 Å². The molecule has 17 heavy (non-hydrogen) atoms. The van der Waals surface area contributed by atoms with Gasteiger partial charge in [-0.25, -0.2) is 0 Å². The lowest BCUT2D eigenvalue weighted by Crippen LogP contribution is -2.43. The summed E-state index contributed by atoms with van der Waals surface area (Å²) in [6, 6.07) is 10.9. The van der Waals surface area contributed by atoms with Gasteiger partial charge in [0.2, 0.25) is 0 Å². The molecule has 3 rings (SSSR count). The molecule has 1 heteroatoms. The summed E-state index contributed by atoms with van der Waals surface area (Å²) >= 11 is 0. The monoisotopic (exact) mass is 228 g/mol. The number of ketones is 1. The lowest BCUT2D eigenvalue weighted by atomic mass is 9.56. The van der Waals surface area contributed by atoms with Crippen LogP contribution in [0.1, 0.15) is 50.5 Å². The summed E-state index contributed by atoms with van der Waals surface area (Å²) in [6.45, 7) is 0. The van der Waals surface area contributed by atoms with Gasteiger partial charge in [0, 0.05) is 12.8 Å². The van der Waals surface area contributed by atoms with Gasteiger partial charge in [-0.15, -0.1) is 0 Å². The Morgan fingerprint density at radius 2 is 1.88 bits per heavy atom. The van der Waals surface area contributed by atoms with Gasteiger partial charge < -0.3 is 0 Å². The molecule has 0 bridgehead atoms. The van der Waals surface area contributed by atoms with Crippen LogP contribution in [0.2, 0.25) is 0 Å². The van der Waals surface area contributed by atoms with Crippen LogP contribution < -0.4 is 0 Å². The summed E-state index contributed by atoms with van der Waals surface area (Å²) in [5.74, 6) is 1.10. The third kappa shape index (κ3) is 1.82. The molecule has 0 aromatic heterocycles. The van der Waals surface area contributed by atoms with E-state index in [1.54, 1.807) is 0 Å². The zero-order valence-corrected chi connectivity index (χ0v) is 10.3. The molecule has 0 aliphatic heterocycles. The second-order valence-electron chi connectivity index (χ2n) is 5.71. The summed E-state index contributed by atoms with van der Waals surface area (Å²) in [7, 11) is 0. The van der Waals surface area contributed by atoms with Gasteiger partial charge in [-0.05, 0) is 36.2 Å². The largest absolute Gasteiger partial charge is 0.300 e. The third-order valence-corrected chi connectivity index (χ3v) is 4.88. The van der Waals surface area contributed by atoms with Gasteiger partial charge in [-0.2, -0.15) is 0 Å². The normalized spacial score (nSPS) is 33.2. The Balaban J connectivity index is 1.99. The Kier molecular flexibility index (Phi) is 2.78. The van der Waals surface area contributed by atoms with Crippen molar-refractivity contribution in [3.8, 4) is 0 Å². The summed E-state index contributed by atoms with van der Waals surface area (Å²) < 4.78 is 0. The molecule has 2 atom stereocenters. The van der Waals surface area contributed by atoms with Crippen LogP contribution in [0, 0.1) is 5.92 Å². The van der Waals surface area contributed by atoms with Crippen molar-refractivity contribution < 1.29 is 4.79 Å². The molecule has 1 aromatic rings. The van der Waals surface area contributed by atoms with E-state index in [1.807, 2.05) is 0 Å². The molecule has 1 nitrogen and oxygen atoms in total. The first-order chi connectivity index (χ1) is 8.31. The predicted octanol–water partition coefficient (Wildman–Crippen LogP) is 3.87. The van der Waals surface area contributed by atoms with Gasteiger partial charge >= 0.3 is 0 Å². The fourth-order valence-corrected chi connectivity index (χ4v) is 3.97. The molecule has 0 radical (unpaired) electrons. The fraction of sp³-hybridized carbons (Fsp3) is 0.562. The van der Waals surface area contributed by atoms with Gasteiger partial charge in [0.15, 0.2) is 0 Å². The summed E-state index contributed by atoms with van der Waals surface area (Å²) in [4.78, 5) is 11.7. The molecule has 0 heterocycles. The molecule has 2 aliphatic carbocycles. The van der Waals surface area contributed by atoms with Crippen LogP contribution in [0.4, 0.5) is 0 Å². The average Bonchev–Trinajstić information content (AvgIpc) is 2.40. The van der Waals surface area contributed by atoms with Crippen LogP contribution in [-0.2, 0) is 10.2 Å². The minimum atomic E-state index is 0.327. The maximum Gasteiger partial charge on any atom is 0.133 e. The molecular formula is C16H20O.